The van der Waals surface area contributed by atoms with Crippen molar-refractivity contribution in [2.24, 2.45) is 0 Å². The van der Waals surface area contributed by atoms with E-state index in [1.807, 2.05) is 12.1 Å². The Bertz CT molecular complexity index is 439. The van der Waals surface area contributed by atoms with Crippen molar-refractivity contribution >= 4 is 11.3 Å². The summed E-state index contributed by atoms with van der Waals surface area (Å²) >= 11 is 1.73. The van der Waals surface area contributed by atoms with Gasteiger partial charge in [-0.1, -0.05) is 12.1 Å². The van der Waals surface area contributed by atoms with E-state index in [1.54, 1.807) is 11.3 Å². The molecule has 2 aromatic rings. The largest absolute Gasteiger partial charge is 0.492 e. The number of benzene rings is 1. The van der Waals surface area contributed by atoms with Crippen molar-refractivity contribution in [2.45, 2.75) is 13.5 Å². The summed E-state index contributed by atoms with van der Waals surface area (Å²) in [6.45, 7) is 4.56. The van der Waals surface area contributed by atoms with Crippen LogP contribution in [0.1, 0.15) is 11.1 Å². The minimum Gasteiger partial charge on any atom is -0.492 e. The van der Waals surface area contributed by atoms with Crippen molar-refractivity contribution in [3.63, 3.8) is 0 Å². The topological polar surface area (TPSA) is 21.3 Å². The second kappa shape index (κ2) is 6.42. The zero-order valence-electron chi connectivity index (χ0n) is 9.98. The van der Waals surface area contributed by atoms with Crippen LogP contribution in [0.2, 0.25) is 0 Å². The molecule has 2 rings (SSSR count). The van der Waals surface area contributed by atoms with E-state index in [9.17, 15) is 0 Å². The van der Waals surface area contributed by atoms with E-state index in [0.717, 1.165) is 18.8 Å². The fraction of sp³-hybridized carbons (Fsp3) is 0.286. The molecule has 0 radical (unpaired) electrons. The Morgan fingerprint density at radius 1 is 1.29 bits per heavy atom. The molecule has 0 aliphatic heterocycles. The van der Waals surface area contributed by atoms with E-state index in [4.69, 9.17) is 4.74 Å². The lowest BCUT2D eigenvalue weighted by Crippen LogP contribution is -2.20. The lowest BCUT2D eigenvalue weighted by Gasteiger charge is -2.07. The molecule has 0 aliphatic rings. The van der Waals surface area contributed by atoms with Gasteiger partial charge in [-0.2, -0.15) is 11.3 Å². The molecular formula is C14H17NOS. The molecule has 0 saturated carbocycles. The Hall–Kier alpha value is -1.32. The van der Waals surface area contributed by atoms with Gasteiger partial charge in [0.15, 0.2) is 0 Å². The van der Waals surface area contributed by atoms with E-state index in [2.05, 4.69) is 41.2 Å². The van der Waals surface area contributed by atoms with E-state index < -0.39 is 0 Å². The van der Waals surface area contributed by atoms with Crippen LogP contribution in [-0.4, -0.2) is 13.2 Å². The van der Waals surface area contributed by atoms with Gasteiger partial charge in [-0.25, -0.2) is 0 Å². The first-order valence-corrected chi connectivity index (χ1v) is 6.70. The Balaban J connectivity index is 1.63. The van der Waals surface area contributed by atoms with Gasteiger partial charge in [-0.15, -0.1) is 0 Å². The first-order valence-electron chi connectivity index (χ1n) is 5.76. The molecule has 1 heterocycles. The molecule has 0 spiro atoms. The third-order valence-corrected chi connectivity index (χ3v) is 3.18. The molecule has 0 fully saturated rings. The molecule has 1 aromatic carbocycles. The third kappa shape index (κ3) is 4.21. The third-order valence-electron chi connectivity index (χ3n) is 2.45. The fourth-order valence-electron chi connectivity index (χ4n) is 1.57. The van der Waals surface area contributed by atoms with Crippen LogP contribution in [0.4, 0.5) is 0 Å². The van der Waals surface area contributed by atoms with Gasteiger partial charge in [0.2, 0.25) is 0 Å². The molecule has 3 heteroatoms. The number of aryl methyl sites for hydroxylation is 1. The second-order valence-corrected chi connectivity index (χ2v) is 4.75. The molecular weight excluding hydrogens is 230 g/mol. The summed E-state index contributed by atoms with van der Waals surface area (Å²) in [5.74, 6) is 0.947. The highest BCUT2D eigenvalue weighted by Gasteiger charge is 1.95. The van der Waals surface area contributed by atoms with E-state index in [-0.39, 0.29) is 0 Å². The minimum absolute atomic E-state index is 0.702. The van der Waals surface area contributed by atoms with Crippen LogP contribution in [0.3, 0.4) is 0 Å². The van der Waals surface area contributed by atoms with Gasteiger partial charge in [-0.3, -0.25) is 0 Å². The number of ether oxygens (including phenoxy) is 1. The number of hydrogen-bond donors (Lipinski definition) is 1. The van der Waals surface area contributed by atoms with Crippen LogP contribution in [0.25, 0.3) is 0 Å². The summed E-state index contributed by atoms with van der Waals surface area (Å²) in [7, 11) is 0. The van der Waals surface area contributed by atoms with Gasteiger partial charge < -0.3 is 10.1 Å². The standard InChI is InChI=1S/C14H17NOS/c1-12-3-2-4-14(9-12)16-7-6-15-10-13-5-8-17-11-13/h2-5,8-9,11,15H,6-7,10H2,1H3. The maximum absolute atomic E-state index is 5.65. The first-order chi connectivity index (χ1) is 8.34. The lowest BCUT2D eigenvalue weighted by molar-refractivity contribution is 0.313. The van der Waals surface area contributed by atoms with Crippen molar-refractivity contribution < 1.29 is 4.74 Å². The summed E-state index contributed by atoms with van der Waals surface area (Å²) in [5.41, 5.74) is 2.57. The Kier molecular flexibility index (Phi) is 4.59. The maximum Gasteiger partial charge on any atom is 0.119 e. The zero-order chi connectivity index (χ0) is 11.9. The van der Waals surface area contributed by atoms with Crippen LogP contribution < -0.4 is 10.1 Å². The normalized spacial score (nSPS) is 10.4. The Labute approximate surface area is 106 Å². The molecule has 90 valence electrons. The van der Waals surface area contributed by atoms with Crippen LogP contribution in [0.5, 0.6) is 5.75 Å². The quantitative estimate of drug-likeness (QED) is 0.791. The highest BCUT2D eigenvalue weighted by molar-refractivity contribution is 7.07. The average Bonchev–Trinajstić information content (AvgIpc) is 2.82. The monoisotopic (exact) mass is 247 g/mol. The van der Waals surface area contributed by atoms with Crippen LogP contribution in [0.15, 0.2) is 41.1 Å². The van der Waals surface area contributed by atoms with Crippen molar-refractivity contribution in [2.75, 3.05) is 13.2 Å². The summed E-state index contributed by atoms with van der Waals surface area (Å²) in [6, 6.07) is 10.3. The Morgan fingerprint density at radius 3 is 3.00 bits per heavy atom. The van der Waals surface area contributed by atoms with Gasteiger partial charge in [-0.05, 0) is 47.0 Å². The van der Waals surface area contributed by atoms with Gasteiger partial charge >= 0.3 is 0 Å². The smallest absolute Gasteiger partial charge is 0.119 e. The summed E-state index contributed by atoms with van der Waals surface area (Å²) in [5, 5.41) is 7.61. The predicted octanol–water partition coefficient (Wildman–Crippen LogP) is 3.23. The zero-order valence-corrected chi connectivity index (χ0v) is 10.8. The second-order valence-electron chi connectivity index (χ2n) is 3.97. The number of rotatable bonds is 6. The highest BCUT2D eigenvalue weighted by atomic mass is 32.1. The number of nitrogens with one attached hydrogen (secondary N) is 1. The van der Waals surface area contributed by atoms with Gasteiger partial charge in [0.05, 0.1) is 0 Å². The van der Waals surface area contributed by atoms with Gasteiger partial charge in [0, 0.05) is 13.1 Å². The molecule has 0 bridgehead atoms. The van der Waals surface area contributed by atoms with Crippen molar-refractivity contribution in [1.82, 2.24) is 5.32 Å². The molecule has 0 unspecified atom stereocenters. The van der Waals surface area contributed by atoms with Crippen LogP contribution in [0, 0.1) is 6.92 Å². The molecule has 0 amide bonds. The van der Waals surface area contributed by atoms with Crippen molar-refractivity contribution in [3.05, 3.63) is 52.2 Å². The van der Waals surface area contributed by atoms with Crippen molar-refractivity contribution in [1.29, 1.82) is 0 Å². The molecule has 1 aromatic heterocycles. The van der Waals surface area contributed by atoms with Crippen molar-refractivity contribution in [3.8, 4) is 5.75 Å². The molecule has 17 heavy (non-hydrogen) atoms. The molecule has 0 aliphatic carbocycles. The maximum atomic E-state index is 5.65. The fourth-order valence-corrected chi connectivity index (χ4v) is 2.24. The molecule has 0 saturated heterocycles. The van der Waals surface area contributed by atoms with Gasteiger partial charge in [0.1, 0.15) is 12.4 Å². The predicted molar refractivity (Wildman–Crippen MR) is 72.7 cm³/mol. The average molecular weight is 247 g/mol. The van der Waals surface area contributed by atoms with Crippen LogP contribution >= 0.6 is 11.3 Å². The summed E-state index contributed by atoms with van der Waals surface area (Å²) in [4.78, 5) is 0. The molecule has 1 N–H and O–H groups in total. The summed E-state index contributed by atoms with van der Waals surface area (Å²) in [6.07, 6.45) is 0. The summed E-state index contributed by atoms with van der Waals surface area (Å²) < 4.78 is 5.65. The van der Waals surface area contributed by atoms with E-state index in [1.165, 1.54) is 11.1 Å². The number of thiophene rings is 1. The van der Waals surface area contributed by atoms with Crippen LogP contribution in [-0.2, 0) is 6.54 Å². The number of hydrogen-bond acceptors (Lipinski definition) is 3. The minimum atomic E-state index is 0.702. The SMILES string of the molecule is Cc1cccc(OCCNCc2ccsc2)c1. The lowest BCUT2D eigenvalue weighted by atomic mass is 10.2. The van der Waals surface area contributed by atoms with E-state index >= 15 is 0 Å². The Morgan fingerprint density at radius 2 is 2.24 bits per heavy atom. The van der Waals surface area contributed by atoms with E-state index in [0.29, 0.717) is 6.61 Å². The highest BCUT2D eigenvalue weighted by Crippen LogP contribution is 2.11. The molecule has 0 atom stereocenters. The first kappa shape index (κ1) is 12.1. The van der Waals surface area contributed by atoms with Gasteiger partial charge in [0.25, 0.3) is 0 Å². The molecule has 2 nitrogen and oxygen atoms in total.